The van der Waals surface area contributed by atoms with Crippen LogP contribution < -0.4 is 10.1 Å². The molecule has 0 spiro atoms. The van der Waals surface area contributed by atoms with E-state index in [0.29, 0.717) is 17.5 Å². The minimum Gasteiger partial charge on any atom is -0.494 e. The zero-order valence-electron chi connectivity index (χ0n) is 15.8. The van der Waals surface area contributed by atoms with Gasteiger partial charge in [-0.2, -0.15) is 0 Å². The lowest BCUT2D eigenvalue weighted by Gasteiger charge is -2.13. The third kappa shape index (κ3) is 6.90. The third-order valence-electron chi connectivity index (χ3n) is 3.39. The number of hydrogen-bond donors (Lipinski definition) is 1. The summed E-state index contributed by atoms with van der Waals surface area (Å²) >= 11 is 1.18. The van der Waals surface area contributed by atoms with E-state index in [-0.39, 0.29) is 5.75 Å². The van der Waals surface area contributed by atoms with E-state index in [1.807, 2.05) is 26.8 Å². The number of nitrogens with zero attached hydrogens (tertiary/aromatic N) is 2. The van der Waals surface area contributed by atoms with Gasteiger partial charge in [0.15, 0.2) is 11.3 Å². The van der Waals surface area contributed by atoms with Crippen LogP contribution in [0.4, 0.5) is 5.69 Å². The molecule has 1 atom stereocenters. The fourth-order valence-electron chi connectivity index (χ4n) is 2.21. The highest BCUT2D eigenvalue weighted by Crippen LogP contribution is 2.17. The van der Waals surface area contributed by atoms with Crippen molar-refractivity contribution in [2.45, 2.75) is 39.0 Å². The van der Waals surface area contributed by atoms with Crippen molar-refractivity contribution in [1.29, 1.82) is 0 Å². The van der Waals surface area contributed by atoms with Gasteiger partial charge in [0.25, 0.3) is 5.91 Å². The van der Waals surface area contributed by atoms with Crippen LogP contribution in [0.2, 0.25) is 0 Å². The average Bonchev–Trinajstić information content (AvgIpc) is 2.61. The molecule has 0 saturated carbocycles. The maximum absolute atomic E-state index is 12.2. The van der Waals surface area contributed by atoms with E-state index in [4.69, 9.17) is 9.47 Å². The van der Waals surface area contributed by atoms with Gasteiger partial charge in [-0.05, 0) is 58.0 Å². The third-order valence-corrected chi connectivity index (χ3v) is 4.21. The molecule has 0 aliphatic rings. The summed E-state index contributed by atoms with van der Waals surface area (Å²) in [4.78, 5) is 32.6. The van der Waals surface area contributed by atoms with Gasteiger partial charge in [0.2, 0.25) is 0 Å². The van der Waals surface area contributed by atoms with E-state index >= 15 is 0 Å². The summed E-state index contributed by atoms with van der Waals surface area (Å²) in [6.45, 7) is 7.73. The molecule has 0 fully saturated rings. The van der Waals surface area contributed by atoms with E-state index < -0.39 is 18.0 Å². The molecular weight excluding hydrogens is 366 g/mol. The normalized spacial score (nSPS) is 11.6. The van der Waals surface area contributed by atoms with Gasteiger partial charge < -0.3 is 14.8 Å². The molecule has 0 bridgehead atoms. The first-order chi connectivity index (χ1) is 12.9. The van der Waals surface area contributed by atoms with Gasteiger partial charge in [-0.15, -0.1) is 0 Å². The molecule has 1 heterocycles. The molecule has 1 amide bonds. The van der Waals surface area contributed by atoms with Crippen LogP contribution in [0.1, 0.15) is 25.2 Å². The maximum Gasteiger partial charge on any atom is 0.317 e. The molecule has 2 aromatic rings. The molecule has 144 valence electrons. The molecule has 27 heavy (non-hydrogen) atoms. The van der Waals surface area contributed by atoms with Crippen molar-refractivity contribution in [3.63, 3.8) is 0 Å². The fourth-order valence-corrected chi connectivity index (χ4v) is 2.94. The van der Waals surface area contributed by atoms with E-state index in [1.54, 1.807) is 24.3 Å². The Morgan fingerprint density at radius 1 is 1.15 bits per heavy atom. The van der Waals surface area contributed by atoms with Crippen molar-refractivity contribution < 1.29 is 19.1 Å². The zero-order valence-corrected chi connectivity index (χ0v) is 16.6. The number of amides is 1. The van der Waals surface area contributed by atoms with Crippen LogP contribution >= 0.6 is 11.8 Å². The van der Waals surface area contributed by atoms with Crippen LogP contribution in [0.15, 0.2) is 35.5 Å². The van der Waals surface area contributed by atoms with Gasteiger partial charge in [-0.3, -0.25) is 9.59 Å². The van der Waals surface area contributed by atoms with Crippen LogP contribution in [-0.4, -0.2) is 40.3 Å². The van der Waals surface area contributed by atoms with Gasteiger partial charge in [-0.1, -0.05) is 11.8 Å². The summed E-state index contributed by atoms with van der Waals surface area (Å²) in [6, 6.07) is 8.83. The summed E-state index contributed by atoms with van der Waals surface area (Å²) in [6.07, 6.45) is -0.912. The van der Waals surface area contributed by atoms with Gasteiger partial charge in [0, 0.05) is 17.1 Å². The summed E-state index contributed by atoms with van der Waals surface area (Å²) in [5, 5.41) is 3.21. The standard InChI is InChI=1S/C19H23N3O4S/c1-5-25-16-8-6-15(7-9-16)22-18(24)14(4)26-17(23)11-27-19-20-12(2)10-13(3)21-19/h6-10,14H,5,11H2,1-4H3,(H,22,24)/t14-/m1/s1. The number of esters is 1. The van der Waals surface area contributed by atoms with Crippen LogP contribution in [0.3, 0.4) is 0 Å². The first-order valence-electron chi connectivity index (χ1n) is 8.55. The molecular formula is C19H23N3O4S. The lowest BCUT2D eigenvalue weighted by Crippen LogP contribution is -2.30. The van der Waals surface area contributed by atoms with Gasteiger partial charge in [0.05, 0.1) is 12.4 Å². The number of hydrogen-bond acceptors (Lipinski definition) is 7. The number of rotatable bonds is 8. The van der Waals surface area contributed by atoms with E-state index in [2.05, 4.69) is 15.3 Å². The Morgan fingerprint density at radius 2 is 1.78 bits per heavy atom. The Bertz CT molecular complexity index is 776. The predicted molar refractivity (Wildman–Crippen MR) is 104 cm³/mol. The second-order valence-electron chi connectivity index (χ2n) is 5.80. The number of benzene rings is 1. The highest BCUT2D eigenvalue weighted by atomic mass is 32.2. The molecule has 2 rings (SSSR count). The van der Waals surface area contributed by atoms with Gasteiger partial charge in [-0.25, -0.2) is 9.97 Å². The second kappa shape index (κ2) is 9.91. The Kier molecular flexibility index (Phi) is 7.60. The number of carbonyl (C=O) groups excluding carboxylic acids is 2. The molecule has 0 saturated heterocycles. The smallest absolute Gasteiger partial charge is 0.317 e. The summed E-state index contributed by atoms with van der Waals surface area (Å²) in [5.74, 6) is -0.151. The molecule has 0 aliphatic heterocycles. The molecule has 0 aliphatic carbocycles. The minimum atomic E-state index is -0.912. The van der Waals surface area contributed by atoms with Crippen molar-refractivity contribution in [2.75, 3.05) is 17.7 Å². The van der Waals surface area contributed by atoms with Crippen molar-refractivity contribution in [2.24, 2.45) is 0 Å². The lowest BCUT2D eigenvalue weighted by molar-refractivity contribution is -0.150. The molecule has 1 N–H and O–H groups in total. The summed E-state index contributed by atoms with van der Waals surface area (Å²) in [5.41, 5.74) is 2.27. The van der Waals surface area contributed by atoms with Crippen molar-refractivity contribution in [1.82, 2.24) is 9.97 Å². The maximum atomic E-state index is 12.2. The number of aromatic nitrogens is 2. The first kappa shape index (κ1) is 20.7. The Balaban J connectivity index is 1.81. The summed E-state index contributed by atoms with van der Waals surface area (Å²) < 4.78 is 10.5. The molecule has 0 unspecified atom stereocenters. The van der Waals surface area contributed by atoms with Gasteiger partial charge in [0.1, 0.15) is 5.75 Å². The van der Waals surface area contributed by atoms with Crippen LogP contribution in [0.25, 0.3) is 0 Å². The largest absolute Gasteiger partial charge is 0.494 e. The fraction of sp³-hybridized carbons (Fsp3) is 0.368. The number of anilines is 1. The van der Waals surface area contributed by atoms with Gasteiger partial charge >= 0.3 is 5.97 Å². The van der Waals surface area contributed by atoms with Crippen molar-refractivity contribution in [3.8, 4) is 5.75 Å². The number of aryl methyl sites for hydroxylation is 2. The van der Waals surface area contributed by atoms with E-state index in [1.165, 1.54) is 18.7 Å². The zero-order chi connectivity index (χ0) is 19.8. The number of carbonyl (C=O) groups is 2. The number of nitrogens with one attached hydrogen (secondary N) is 1. The van der Waals surface area contributed by atoms with Crippen LogP contribution in [0, 0.1) is 13.8 Å². The highest BCUT2D eigenvalue weighted by molar-refractivity contribution is 7.99. The van der Waals surface area contributed by atoms with Crippen LogP contribution in [-0.2, 0) is 14.3 Å². The second-order valence-corrected chi connectivity index (χ2v) is 6.74. The molecule has 0 radical (unpaired) electrons. The van der Waals surface area contributed by atoms with Crippen molar-refractivity contribution >= 4 is 29.3 Å². The Morgan fingerprint density at radius 3 is 2.37 bits per heavy atom. The van der Waals surface area contributed by atoms with Crippen molar-refractivity contribution in [3.05, 3.63) is 41.7 Å². The molecule has 1 aromatic carbocycles. The SMILES string of the molecule is CCOc1ccc(NC(=O)[C@@H](C)OC(=O)CSc2nc(C)cc(C)n2)cc1. The van der Waals surface area contributed by atoms with E-state index in [9.17, 15) is 9.59 Å². The molecule has 1 aromatic heterocycles. The minimum absolute atomic E-state index is 0.0313. The highest BCUT2D eigenvalue weighted by Gasteiger charge is 2.18. The molecule has 8 heteroatoms. The number of ether oxygens (including phenoxy) is 2. The lowest BCUT2D eigenvalue weighted by atomic mass is 10.3. The number of thioether (sulfide) groups is 1. The first-order valence-corrected chi connectivity index (χ1v) is 9.54. The monoisotopic (exact) mass is 389 g/mol. The Labute approximate surface area is 162 Å². The molecule has 7 nitrogen and oxygen atoms in total. The van der Waals surface area contributed by atoms with Crippen LogP contribution in [0.5, 0.6) is 5.75 Å². The topological polar surface area (TPSA) is 90.4 Å². The quantitative estimate of drug-likeness (QED) is 0.421. The van der Waals surface area contributed by atoms with E-state index in [0.717, 1.165) is 17.1 Å². The average molecular weight is 389 g/mol. The predicted octanol–water partition coefficient (Wildman–Crippen LogP) is 3.15. The Hall–Kier alpha value is -2.61. The summed E-state index contributed by atoms with van der Waals surface area (Å²) in [7, 11) is 0.